The van der Waals surface area contributed by atoms with E-state index in [1.54, 1.807) is 0 Å². The Bertz CT molecular complexity index is 349. The zero-order chi connectivity index (χ0) is 15.8. The van der Waals surface area contributed by atoms with Crippen molar-refractivity contribution in [2.75, 3.05) is 33.2 Å². The van der Waals surface area contributed by atoms with Crippen molar-refractivity contribution in [3.63, 3.8) is 0 Å². The first kappa shape index (κ1) is 17.8. The average molecular weight is 299 g/mol. The molecule has 1 aliphatic heterocycles. The van der Waals surface area contributed by atoms with E-state index in [2.05, 4.69) is 24.2 Å². The number of carbonyl (C=O) groups is 2. The van der Waals surface area contributed by atoms with E-state index in [1.165, 1.54) is 0 Å². The number of nitrogens with one attached hydrogen (secondary N) is 1. The fourth-order valence-corrected chi connectivity index (χ4v) is 2.80. The minimum absolute atomic E-state index is 0.00109. The van der Waals surface area contributed by atoms with Gasteiger partial charge >= 0.3 is 12.0 Å². The molecule has 0 radical (unpaired) electrons. The van der Waals surface area contributed by atoms with Gasteiger partial charge in [-0.15, -0.1) is 0 Å². The Balaban J connectivity index is 2.53. The molecule has 2 amide bonds. The van der Waals surface area contributed by atoms with Gasteiger partial charge in [0, 0.05) is 32.1 Å². The molecule has 2 N–H and O–H groups in total. The lowest BCUT2D eigenvalue weighted by Crippen LogP contribution is -2.49. The Kier molecular flexibility index (Phi) is 7.50. The molecule has 0 aromatic heterocycles. The van der Waals surface area contributed by atoms with E-state index in [4.69, 9.17) is 5.11 Å². The predicted octanol–water partition coefficient (Wildman–Crippen LogP) is 1.61. The molecule has 1 fully saturated rings. The molecule has 0 aromatic rings. The topological polar surface area (TPSA) is 72.9 Å². The number of hydrogen-bond acceptors (Lipinski definition) is 3. The molecule has 0 saturated carbocycles. The van der Waals surface area contributed by atoms with Crippen molar-refractivity contribution in [2.45, 2.75) is 45.6 Å². The number of hydrogen-bond donors (Lipinski definition) is 2. The van der Waals surface area contributed by atoms with E-state index in [1.807, 2.05) is 11.8 Å². The first-order chi connectivity index (χ1) is 9.97. The van der Waals surface area contributed by atoms with Gasteiger partial charge in [-0.1, -0.05) is 20.3 Å². The highest BCUT2D eigenvalue weighted by Crippen LogP contribution is 2.13. The number of amides is 2. The molecular weight excluding hydrogens is 270 g/mol. The molecule has 1 saturated heterocycles. The summed E-state index contributed by atoms with van der Waals surface area (Å²) in [5, 5.41) is 11.8. The van der Waals surface area contributed by atoms with E-state index in [0.29, 0.717) is 6.54 Å². The van der Waals surface area contributed by atoms with Crippen LogP contribution in [0.4, 0.5) is 4.79 Å². The van der Waals surface area contributed by atoms with Crippen LogP contribution in [0.2, 0.25) is 0 Å². The lowest BCUT2D eigenvalue weighted by Gasteiger charge is -2.30. The molecule has 1 rings (SSSR count). The summed E-state index contributed by atoms with van der Waals surface area (Å²) >= 11 is 0. The van der Waals surface area contributed by atoms with Crippen molar-refractivity contribution in [1.29, 1.82) is 0 Å². The molecule has 2 atom stereocenters. The Morgan fingerprint density at radius 1 is 1.33 bits per heavy atom. The van der Waals surface area contributed by atoms with Crippen LogP contribution in [-0.4, -0.2) is 66.2 Å². The van der Waals surface area contributed by atoms with Crippen molar-refractivity contribution < 1.29 is 14.7 Å². The zero-order valence-electron chi connectivity index (χ0n) is 13.5. The van der Waals surface area contributed by atoms with Gasteiger partial charge in [-0.25, -0.2) is 4.79 Å². The third-order valence-corrected chi connectivity index (χ3v) is 4.22. The third kappa shape index (κ3) is 5.91. The monoisotopic (exact) mass is 299 g/mol. The van der Waals surface area contributed by atoms with E-state index < -0.39 is 5.97 Å². The zero-order valence-corrected chi connectivity index (χ0v) is 13.5. The average Bonchev–Trinajstić information content (AvgIpc) is 2.63. The third-order valence-electron chi connectivity index (χ3n) is 4.22. The maximum Gasteiger partial charge on any atom is 0.317 e. The molecule has 1 heterocycles. The van der Waals surface area contributed by atoms with Gasteiger partial charge in [-0.2, -0.15) is 0 Å². The largest absolute Gasteiger partial charge is 0.481 e. The number of urea groups is 1. The van der Waals surface area contributed by atoms with Crippen molar-refractivity contribution in [3.05, 3.63) is 0 Å². The van der Waals surface area contributed by atoms with Crippen LogP contribution in [0, 0.1) is 5.92 Å². The number of carbonyl (C=O) groups excluding carboxylic acids is 1. The summed E-state index contributed by atoms with van der Waals surface area (Å²) in [5.74, 6) is -0.805. The summed E-state index contributed by atoms with van der Waals surface area (Å²) in [6, 6.07) is 0.179. The predicted molar refractivity (Wildman–Crippen MR) is 82.3 cm³/mol. The van der Waals surface area contributed by atoms with E-state index in [-0.39, 0.29) is 24.4 Å². The van der Waals surface area contributed by atoms with E-state index in [0.717, 1.165) is 38.9 Å². The highest BCUT2D eigenvalue weighted by atomic mass is 16.4. The second kappa shape index (κ2) is 8.87. The summed E-state index contributed by atoms with van der Waals surface area (Å²) in [7, 11) is 2.09. The van der Waals surface area contributed by atoms with Gasteiger partial charge in [-0.05, 0) is 32.4 Å². The van der Waals surface area contributed by atoms with Crippen molar-refractivity contribution in [1.82, 2.24) is 15.1 Å². The lowest BCUT2D eigenvalue weighted by atomic mass is 10.0. The van der Waals surface area contributed by atoms with Gasteiger partial charge in [0.25, 0.3) is 0 Å². The highest BCUT2D eigenvalue weighted by Gasteiger charge is 2.26. The molecular formula is C15H29N3O3. The van der Waals surface area contributed by atoms with Crippen LogP contribution in [0.15, 0.2) is 0 Å². The summed E-state index contributed by atoms with van der Waals surface area (Å²) in [6.45, 7) is 7.17. The Labute approximate surface area is 127 Å². The number of nitrogens with zero attached hydrogens (tertiary/aromatic N) is 2. The Morgan fingerprint density at radius 3 is 2.62 bits per heavy atom. The number of carboxylic acids is 1. The van der Waals surface area contributed by atoms with Gasteiger partial charge in [-0.3, -0.25) is 4.79 Å². The van der Waals surface area contributed by atoms with Gasteiger partial charge < -0.3 is 20.2 Å². The van der Waals surface area contributed by atoms with Crippen LogP contribution >= 0.6 is 0 Å². The molecule has 0 spiro atoms. The first-order valence-electron chi connectivity index (χ1n) is 7.92. The molecule has 0 bridgehead atoms. The maximum atomic E-state index is 12.4. The molecule has 122 valence electrons. The lowest BCUT2D eigenvalue weighted by molar-refractivity contribution is -0.138. The Hall–Kier alpha value is -1.30. The van der Waals surface area contributed by atoms with Crippen molar-refractivity contribution in [2.24, 2.45) is 5.92 Å². The molecule has 2 unspecified atom stereocenters. The minimum Gasteiger partial charge on any atom is -0.481 e. The fourth-order valence-electron chi connectivity index (χ4n) is 2.80. The van der Waals surface area contributed by atoms with Crippen LogP contribution < -0.4 is 5.32 Å². The van der Waals surface area contributed by atoms with Crippen LogP contribution in [0.3, 0.4) is 0 Å². The normalized spacial score (nSPS) is 21.7. The standard InChI is InChI=1S/C15H29N3O3/c1-4-12(9-14(19)20)10-16-15(21)18-8-6-7-17(3)11-13(18)5-2/h12-13H,4-11H2,1-3H3,(H,16,21)(H,19,20). The minimum atomic E-state index is -0.807. The Morgan fingerprint density at radius 2 is 2.05 bits per heavy atom. The molecule has 6 heteroatoms. The number of rotatable bonds is 6. The maximum absolute atomic E-state index is 12.4. The van der Waals surface area contributed by atoms with Crippen LogP contribution in [0.5, 0.6) is 0 Å². The number of aliphatic carboxylic acids is 1. The van der Waals surface area contributed by atoms with Gasteiger partial charge in [0.15, 0.2) is 0 Å². The number of likely N-dealkylation sites (N-methyl/N-ethyl adjacent to an activating group) is 1. The molecule has 0 aliphatic carbocycles. The molecule has 1 aliphatic rings. The summed E-state index contributed by atoms with van der Waals surface area (Å²) in [4.78, 5) is 27.3. The second-order valence-electron chi connectivity index (χ2n) is 5.93. The quantitative estimate of drug-likeness (QED) is 0.781. The first-order valence-corrected chi connectivity index (χ1v) is 7.92. The summed E-state index contributed by atoms with van der Waals surface area (Å²) in [5.41, 5.74) is 0. The smallest absolute Gasteiger partial charge is 0.317 e. The van der Waals surface area contributed by atoms with Crippen LogP contribution in [0.25, 0.3) is 0 Å². The van der Waals surface area contributed by atoms with Gasteiger partial charge in [0.05, 0.1) is 0 Å². The SMILES string of the molecule is CCC(CNC(=O)N1CCCN(C)CC1CC)CC(=O)O. The molecule has 0 aromatic carbocycles. The van der Waals surface area contributed by atoms with Crippen LogP contribution in [0.1, 0.15) is 39.5 Å². The number of carboxylic acid groups (broad SMARTS) is 1. The van der Waals surface area contributed by atoms with Crippen molar-refractivity contribution in [3.8, 4) is 0 Å². The van der Waals surface area contributed by atoms with Crippen LogP contribution in [-0.2, 0) is 4.79 Å². The van der Waals surface area contributed by atoms with E-state index in [9.17, 15) is 9.59 Å². The second-order valence-corrected chi connectivity index (χ2v) is 5.93. The van der Waals surface area contributed by atoms with Crippen molar-refractivity contribution >= 4 is 12.0 Å². The molecule has 6 nitrogen and oxygen atoms in total. The fraction of sp³-hybridized carbons (Fsp3) is 0.867. The van der Waals surface area contributed by atoms with Gasteiger partial charge in [0.1, 0.15) is 0 Å². The molecule has 21 heavy (non-hydrogen) atoms. The van der Waals surface area contributed by atoms with Gasteiger partial charge in [0.2, 0.25) is 0 Å². The highest BCUT2D eigenvalue weighted by molar-refractivity contribution is 5.74. The summed E-state index contributed by atoms with van der Waals surface area (Å²) in [6.07, 6.45) is 2.78. The summed E-state index contributed by atoms with van der Waals surface area (Å²) < 4.78 is 0. The van der Waals surface area contributed by atoms with E-state index >= 15 is 0 Å².